The van der Waals surface area contributed by atoms with E-state index in [1.807, 2.05) is 0 Å². The third-order valence-electron chi connectivity index (χ3n) is 2.31. The highest BCUT2D eigenvalue weighted by Gasteiger charge is 2.28. The summed E-state index contributed by atoms with van der Waals surface area (Å²) in [6.45, 7) is 2.30. The maximum absolute atomic E-state index is 11.6. The van der Waals surface area contributed by atoms with Gasteiger partial charge in [0.1, 0.15) is 12.6 Å². The standard InChI is InChI=1S/C10H17NO6/c1-6(9(13)14)4-11(7(2)10(15)16)8(12)5-17-3/h6-7H,4-5H2,1-3H3,(H,13,14)(H,15,16). The fraction of sp³-hybridized carbons (Fsp3) is 0.700. The number of nitrogens with zero attached hydrogens (tertiary/aromatic N) is 1. The molecule has 2 unspecified atom stereocenters. The average Bonchev–Trinajstić information content (AvgIpc) is 2.24. The summed E-state index contributed by atoms with van der Waals surface area (Å²) in [5.74, 6) is -3.65. The number of carboxylic acids is 2. The number of methoxy groups -OCH3 is 1. The van der Waals surface area contributed by atoms with Crippen LogP contribution >= 0.6 is 0 Å². The Morgan fingerprint density at radius 1 is 1.18 bits per heavy atom. The molecule has 0 aromatic rings. The van der Waals surface area contributed by atoms with E-state index in [0.717, 1.165) is 4.90 Å². The molecule has 0 bridgehead atoms. The van der Waals surface area contributed by atoms with Gasteiger partial charge in [-0.1, -0.05) is 6.92 Å². The van der Waals surface area contributed by atoms with Crippen molar-refractivity contribution in [1.82, 2.24) is 4.90 Å². The molecule has 0 aliphatic rings. The molecule has 0 aromatic carbocycles. The fourth-order valence-electron chi connectivity index (χ4n) is 1.19. The molecular weight excluding hydrogens is 230 g/mol. The molecule has 98 valence electrons. The molecule has 0 spiro atoms. The van der Waals surface area contributed by atoms with Gasteiger partial charge in [0.05, 0.1) is 5.92 Å². The molecule has 0 radical (unpaired) electrons. The molecule has 0 aromatic heterocycles. The predicted molar refractivity (Wildman–Crippen MR) is 57.5 cm³/mol. The van der Waals surface area contributed by atoms with Crippen molar-refractivity contribution in [2.75, 3.05) is 20.3 Å². The van der Waals surface area contributed by atoms with Gasteiger partial charge in [-0.25, -0.2) is 4.79 Å². The highest BCUT2D eigenvalue weighted by molar-refractivity contribution is 5.84. The minimum Gasteiger partial charge on any atom is -0.481 e. The Balaban J connectivity index is 4.78. The van der Waals surface area contributed by atoms with E-state index < -0.39 is 29.8 Å². The van der Waals surface area contributed by atoms with Crippen molar-refractivity contribution in [1.29, 1.82) is 0 Å². The third-order valence-corrected chi connectivity index (χ3v) is 2.31. The lowest BCUT2D eigenvalue weighted by molar-refractivity contribution is -0.153. The first-order chi connectivity index (χ1) is 7.81. The Bertz CT molecular complexity index is 303. The van der Waals surface area contributed by atoms with Crippen LogP contribution in [0.3, 0.4) is 0 Å². The topological polar surface area (TPSA) is 104 Å². The Morgan fingerprint density at radius 2 is 1.71 bits per heavy atom. The summed E-state index contributed by atoms with van der Waals surface area (Å²) in [6.07, 6.45) is 0. The van der Waals surface area contributed by atoms with Gasteiger partial charge in [0, 0.05) is 13.7 Å². The molecule has 0 heterocycles. The Morgan fingerprint density at radius 3 is 2.06 bits per heavy atom. The molecule has 1 amide bonds. The van der Waals surface area contributed by atoms with Crippen LogP contribution in [0.5, 0.6) is 0 Å². The molecule has 0 fully saturated rings. The SMILES string of the molecule is COCC(=O)N(CC(C)C(=O)O)C(C)C(=O)O. The van der Waals surface area contributed by atoms with E-state index in [2.05, 4.69) is 4.74 Å². The molecule has 7 nitrogen and oxygen atoms in total. The van der Waals surface area contributed by atoms with Gasteiger partial charge in [0.25, 0.3) is 0 Å². The van der Waals surface area contributed by atoms with Gasteiger partial charge in [0.2, 0.25) is 5.91 Å². The van der Waals surface area contributed by atoms with Crippen LogP contribution in [0.1, 0.15) is 13.8 Å². The smallest absolute Gasteiger partial charge is 0.326 e. The first-order valence-corrected chi connectivity index (χ1v) is 5.05. The van der Waals surface area contributed by atoms with Crippen LogP contribution < -0.4 is 0 Å². The number of carbonyl (C=O) groups is 3. The minimum absolute atomic E-state index is 0.162. The number of rotatable bonds is 7. The van der Waals surface area contributed by atoms with Crippen molar-refractivity contribution >= 4 is 17.8 Å². The zero-order chi connectivity index (χ0) is 13.6. The van der Waals surface area contributed by atoms with Crippen LogP contribution in [0.4, 0.5) is 0 Å². The molecule has 0 aliphatic carbocycles. The van der Waals surface area contributed by atoms with Crippen molar-refractivity contribution in [3.8, 4) is 0 Å². The van der Waals surface area contributed by atoms with Crippen LogP contribution in [0.15, 0.2) is 0 Å². The van der Waals surface area contributed by atoms with Gasteiger partial charge in [-0.3, -0.25) is 9.59 Å². The summed E-state index contributed by atoms with van der Waals surface area (Å²) in [5.41, 5.74) is 0. The third kappa shape index (κ3) is 4.81. The summed E-state index contributed by atoms with van der Waals surface area (Å²) < 4.78 is 4.62. The highest BCUT2D eigenvalue weighted by Crippen LogP contribution is 2.07. The number of hydrogen-bond donors (Lipinski definition) is 2. The molecular formula is C10H17NO6. The van der Waals surface area contributed by atoms with Crippen LogP contribution in [0.25, 0.3) is 0 Å². The number of aliphatic carboxylic acids is 2. The van der Waals surface area contributed by atoms with E-state index in [4.69, 9.17) is 10.2 Å². The van der Waals surface area contributed by atoms with E-state index in [9.17, 15) is 14.4 Å². The van der Waals surface area contributed by atoms with E-state index in [1.54, 1.807) is 0 Å². The first-order valence-electron chi connectivity index (χ1n) is 5.05. The zero-order valence-corrected chi connectivity index (χ0v) is 10.0. The van der Waals surface area contributed by atoms with Gasteiger partial charge < -0.3 is 19.8 Å². The molecule has 2 N–H and O–H groups in total. The Hall–Kier alpha value is -1.63. The summed E-state index contributed by atoms with van der Waals surface area (Å²) in [7, 11) is 1.31. The Kier molecular flexibility index (Phi) is 6.19. The normalized spacial score (nSPS) is 13.8. The van der Waals surface area contributed by atoms with Gasteiger partial charge in [0.15, 0.2) is 0 Å². The first kappa shape index (κ1) is 15.4. The summed E-state index contributed by atoms with van der Waals surface area (Å²) in [4.78, 5) is 34.1. The molecule has 17 heavy (non-hydrogen) atoms. The summed E-state index contributed by atoms with van der Waals surface area (Å²) in [6, 6.07) is -1.08. The summed E-state index contributed by atoms with van der Waals surface area (Å²) >= 11 is 0. The molecule has 0 saturated heterocycles. The predicted octanol–water partition coefficient (Wildman–Crippen LogP) is -0.345. The lowest BCUT2D eigenvalue weighted by Crippen LogP contribution is -2.47. The number of amides is 1. The minimum atomic E-state index is -1.19. The van der Waals surface area contributed by atoms with E-state index in [0.29, 0.717) is 0 Å². The van der Waals surface area contributed by atoms with E-state index in [-0.39, 0.29) is 13.2 Å². The monoisotopic (exact) mass is 247 g/mol. The Labute approximate surface area is 99.0 Å². The van der Waals surface area contributed by atoms with Gasteiger partial charge in [-0.05, 0) is 6.92 Å². The number of carbonyl (C=O) groups excluding carboxylic acids is 1. The molecule has 0 saturated carbocycles. The molecule has 2 atom stereocenters. The second-order valence-electron chi connectivity index (χ2n) is 3.73. The van der Waals surface area contributed by atoms with Gasteiger partial charge >= 0.3 is 11.9 Å². The average molecular weight is 247 g/mol. The molecule has 0 rings (SSSR count). The maximum atomic E-state index is 11.6. The highest BCUT2D eigenvalue weighted by atomic mass is 16.5. The van der Waals surface area contributed by atoms with Crippen molar-refractivity contribution in [2.24, 2.45) is 5.92 Å². The van der Waals surface area contributed by atoms with Crippen LogP contribution in [0.2, 0.25) is 0 Å². The molecule has 0 aliphatic heterocycles. The van der Waals surface area contributed by atoms with E-state index in [1.165, 1.54) is 21.0 Å². The second-order valence-corrected chi connectivity index (χ2v) is 3.73. The number of hydrogen-bond acceptors (Lipinski definition) is 4. The van der Waals surface area contributed by atoms with Crippen molar-refractivity contribution in [3.05, 3.63) is 0 Å². The lowest BCUT2D eigenvalue weighted by Gasteiger charge is -2.27. The van der Waals surface area contributed by atoms with E-state index >= 15 is 0 Å². The van der Waals surface area contributed by atoms with Crippen LogP contribution in [0, 0.1) is 5.92 Å². The van der Waals surface area contributed by atoms with Crippen molar-refractivity contribution in [3.63, 3.8) is 0 Å². The van der Waals surface area contributed by atoms with Crippen LogP contribution in [-0.4, -0.2) is 59.3 Å². The van der Waals surface area contributed by atoms with Gasteiger partial charge in [-0.15, -0.1) is 0 Å². The zero-order valence-electron chi connectivity index (χ0n) is 10.0. The second kappa shape index (κ2) is 6.85. The maximum Gasteiger partial charge on any atom is 0.326 e. The van der Waals surface area contributed by atoms with Gasteiger partial charge in [-0.2, -0.15) is 0 Å². The van der Waals surface area contributed by atoms with Crippen molar-refractivity contribution < 1.29 is 29.3 Å². The van der Waals surface area contributed by atoms with Crippen molar-refractivity contribution in [2.45, 2.75) is 19.9 Å². The summed E-state index contributed by atoms with van der Waals surface area (Å²) in [5, 5.41) is 17.6. The lowest BCUT2D eigenvalue weighted by atomic mass is 10.1. The number of ether oxygens (including phenoxy) is 1. The fourth-order valence-corrected chi connectivity index (χ4v) is 1.19. The van der Waals surface area contributed by atoms with Crippen LogP contribution in [-0.2, 0) is 19.1 Å². The quantitative estimate of drug-likeness (QED) is 0.637. The molecule has 7 heteroatoms. The largest absolute Gasteiger partial charge is 0.481 e. The number of carboxylic acid groups (broad SMARTS) is 2.